The smallest absolute Gasteiger partial charge is 0.191 e. The van der Waals surface area contributed by atoms with Gasteiger partial charge < -0.3 is 15.1 Å². The first kappa shape index (κ1) is 15.1. The van der Waals surface area contributed by atoms with Crippen molar-refractivity contribution in [2.24, 2.45) is 4.99 Å². The molecule has 0 bridgehead atoms. The molecule has 2 aromatic rings. The van der Waals surface area contributed by atoms with E-state index in [0.29, 0.717) is 12.5 Å². The molecule has 0 radical (unpaired) electrons. The minimum absolute atomic E-state index is 0.194. The largest absolute Gasteiger partial charge is 0.467 e. The number of benzene rings is 1. The maximum absolute atomic E-state index is 13.0. The zero-order valence-electron chi connectivity index (χ0n) is 12.3. The Morgan fingerprint density at radius 2 is 2.14 bits per heavy atom. The summed E-state index contributed by atoms with van der Waals surface area (Å²) < 4.78 is 18.3. The van der Waals surface area contributed by atoms with Crippen molar-refractivity contribution in [3.8, 4) is 0 Å². The lowest BCUT2D eigenvalue weighted by Gasteiger charge is -2.12. The molecule has 2 rings (SSSR count). The topological polar surface area (TPSA) is 49.6 Å². The molecule has 0 atom stereocenters. The summed E-state index contributed by atoms with van der Waals surface area (Å²) >= 11 is 0. The molecule has 0 amide bonds. The summed E-state index contributed by atoms with van der Waals surface area (Å²) in [5, 5.41) is 6.39. The maximum Gasteiger partial charge on any atom is 0.191 e. The molecule has 21 heavy (non-hydrogen) atoms. The summed E-state index contributed by atoms with van der Waals surface area (Å²) in [6.07, 6.45) is 2.46. The van der Waals surface area contributed by atoms with Crippen molar-refractivity contribution < 1.29 is 8.81 Å². The SMILES string of the molecule is CN=C(NCCc1ccc(F)cc1C)NCc1ccco1. The van der Waals surface area contributed by atoms with Crippen LogP contribution in [0.2, 0.25) is 0 Å². The van der Waals surface area contributed by atoms with Crippen LogP contribution in [0.1, 0.15) is 16.9 Å². The molecule has 4 nitrogen and oxygen atoms in total. The molecule has 0 aliphatic heterocycles. The average molecular weight is 289 g/mol. The van der Waals surface area contributed by atoms with Crippen molar-refractivity contribution in [1.82, 2.24) is 10.6 Å². The molecule has 0 saturated heterocycles. The van der Waals surface area contributed by atoms with Crippen LogP contribution in [0.5, 0.6) is 0 Å². The molecule has 2 N–H and O–H groups in total. The lowest BCUT2D eigenvalue weighted by Crippen LogP contribution is -2.37. The van der Waals surface area contributed by atoms with Gasteiger partial charge in [-0.3, -0.25) is 4.99 Å². The van der Waals surface area contributed by atoms with Crippen molar-refractivity contribution in [3.63, 3.8) is 0 Å². The number of nitrogens with zero attached hydrogens (tertiary/aromatic N) is 1. The van der Waals surface area contributed by atoms with Gasteiger partial charge in [0.1, 0.15) is 11.6 Å². The van der Waals surface area contributed by atoms with Crippen molar-refractivity contribution in [2.45, 2.75) is 19.9 Å². The highest BCUT2D eigenvalue weighted by Crippen LogP contribution is 2.10. The Kier molecular flexibility index (Phi) is 5.37. The second-order valence-electron chi connectivity index (χ2n) is 4.75. The van der Waals surface area contributed by atoms with Gasteiger partial charge >= 0.3 is 0 Å². The summed E-state index contributed by atoms with van der Waals surface area (Å²) in [4.78, 5) is 4.15. The van der Waals surface area contributed by atoms with Crippen LogP contribution < -0.4 is 10.6 Å². The molecule has 1 heterocycles. The van der Waals surface area contributed by atoms with Crippen LogP contribution in [0.15, 0.2) is 46.0 Å². The summed E-state index contributed by atoms with van der Waals surface area (Å²) in [6, 6.07) is 8.63. The van der Waals surface area contributed by atoms with Gasteiger partial charge in [-0.25, -0.2) is 4.39 Å². The number of rotatable bonds is 5. The van der Waals surface area contributed by atoms with Gasteiger partial charge in [-0.2, -0.15) is 0 Å². The van der Waals surface area contributed by atoms with Crippen LogP contribution in [0.25, 0.3) is 0 Å². The van der Waals surface area contributed by atoms with Gasteiger partial charge in [0.25, 0.3) is 0 Å². The minimum Gasteiger partial charge on any atom is -0.467 e. The van der Waals surface area contributed by atoms with E-state index in [0.717, 1.165) is 29.9 Å². The van der Waals surface area contributed by atoms with Crippen LogP contribution >= 0.6 is 0 Å². The van der Waals surface area contributed by atoms with Crippen LogP contribution in [0.3, 0.4) is 0 Å². The van der Waals surface area contributed by atoms with E-state index < -0.39 is 0 Å². The van der Waals surface area contributed by atoms with Crippen LogP contribution in [0, 0.1) is 12.7 Å². The third-order valence-electron chi connectivity index (χ3n) is 3.23. The summed E-state index contributed by atoms with van der Waals surface area (Å²) in [5.41, 5.74) is 2.10. The Balaban J connectivity index is 1.78. The van der Waals surface area contributed by atoms with Gasteiger partial charge in [0.15, 0.2) is 5.96 Å². The lowest BCUT2D eigenvalue weighted by molar-refractivity contribution is 0.501. The molecule has 112 valence electrons. The second kappa shape index (κ2) is 7.47. The number of hydrogen-bond donors (Lipinski definition) is 2. The van der Waals surface area contributed by atoms with Crippen molar-refractivity contribution in [1.29, 1.82) is 0 Å². The number of furan rings is 1. The third-order valence-corrected chi connectivity index (χ3v) is 3.23. The summed E-state index contributed by atoms with van der Waals surface area (Å²) in [5.74, 6) is 1.37. The van der Waals surface area contributed by atoms with E-state index in [1.165, 1.54) is 6.07 Å². The Hall–Kier alpha value is -2.30. The van der Waals surface area contributed by atoms with E-state index in [1.54, 1.807) is 19.4 Å². The van der Waals surface area contributed by atoms with Crippen molar-refractivity contribution in [3.05, 3.63) is 59.3 Å². The lowest BCUT2D eigenvalue weighted by atomic mass is 10.1. The second-order valence-corrected chi connectivity index (χ2v) is 4.75. The fourth-order valence-electron chi connectivity index (χ4n) is 2.06. The van der Waals surface area contributed by atoms with Gasteiger partial charge in [-0.1, -0.05) is 6.07 Å². The first-order valence-corrected chi connectivity index (χ1v) is 6.91. The molecular weight excluding hydrogens is 269 g/mol. The fraction of sp³-hybridized carbons (Fsp3) is 0.312. The quantitative estimate of drug-likeness (QED) is 0.657. The molecule has 0 fully saturated rings. The third kappa shape index (κ3) is 4.63. The van der Waals surface area contributed by atoms with E-state index in [4.69, 9.17) is 4.42 Å². The van der Waals surface area contributed by atoms with Gasteiger partial charge in [-0.15, -0.1) is 0 Å². The van der Waals surface area contributed by atoms with E-state index in [1.807, 2.05) is 25.1 Å². The van der Waals surface area contributed by atoms with E-state index >= 15 is 0 Å². The van der Waals surface area contributed by atoms with Crippen LogP contribution in [-0.4, -0.2) is 19.6 Å². The highest BCUT2D eigenvalue weighted by atomic mass is 19.1. The predicted molar refractivity (Wildman–Crippen MR) is 81.8 cm³/mol. The monoisotopic (exact) mass is 289 g/mol. The number of halogens is 1. The zero-order valence-corrected chi connectivity index (χ0v) is 12.3. The molecule has 0 unspecified atom stereocenters. The average Bonchev–Trinajstić information content (AvgIpc) is 2.98. The summed E-state index contributed by atoms with van der Waals surface area (Å²) in [6.45, 7) is 3.23. The van der Waals surface area contributed by atoms with E-state index in [-0.39, 0.29) is 5.82 Å². The maximum atomic E-state index is 13.0. The van der Waals surface area contributed by atoms with Gasteiger partial charge in [0.2, 0.25) is 0 Å². The first-order valence-electron chi connectivity index (χ1n) is 6.91. The van der Waals surface area contributed by atoms with Gasteiger partial charge in [-0.05, 0) is 48.7 Å². The highest BCUT2D eigenvalue weighted by molar-refractivity contribution is 5.79. The Bertz CT molecular complexity index is 594. The molecule has 0 aliphatic carbocycles. The number of aliphatic imine (C=N–C) groups is 1. The Morgan fingerprint density at radius 3 is 2.81 bits per heavy atom. The number of hydrogen-bond acceptors (Lipinski definition) is 2. The highest BCUT2D eigenvalue weighted by Gasteiger charge is 2.02. The molecule has 5 heteroatoms. The zero-order chi connectivity index (χ0) is 15.1. The fourth-order valence-corrected chi connectivity index (χ4v) is 2.06. The number of aryl methyl sites for hydroxylation is 1. The molecular formula is C16H20FN3O. The van der Waals surface area contributed by atoms with Crippen LogP contribution in [0.4, 0.5) is 4.39 Å². The Labute approximate surface area is 124 Å². The normalized spacial score (nSPS) is 11.5. The van der Waals surface area contributed by atoms with Crippen molar-refractivity contribution in [2.75, 3.05) is 13.6 Å². The van der Waals surface area contributed by atoms with Crippen LogP contribution in [-0.2, 0) is 13.0 Å². The minimum atomic E-state index is -0.194. The number of guanidine groups is 1. The molecule has 0 saturated carbocycles. The predicted octanol–water partition coefficient (Wildman–Crippen LogP) is 2.63. The van der Waals surface area contributed by atoms with E-state index in [9.17, 15) is 4.39 Å². The number of nitrogens with one attached hydrogen (secondary N) is 2. The van der Waals surface area contributed by atoms with Crippen molar-refractivity contribution >= 4 is 5.96 Å². The Morgan fingerprint density at radius 1 is 1.29 bits per heavy atom. The van der Waals surface area contributed by atoms with E-state index in [2.05, 4.69) is 15.6 Å². The first-order chi connectivity index (χ1) is 10.2. The molecule has 1 aromatic heterocycles. The molecule has 0 aliphatic rings. The van der Waals surface area contributed by atoms with Gasteiger partial charge in [0, 0.05) is 13.6 Å². The summed E-state index contributed by atoms with van der Waals surface area (Å²) in [7, 11) is 1.72. The standard InChI is InChI=1S/C16H20FN3O/c1-12-10-14(17)6-5-13(12)7-8-19-16(18-2)20-11-15-4-3-9-21-15/h3-6,9-10H,7-8,11H2,1-2H3,(H2,18,19,20). The van der Waals surface area contributed by atoms with Gasteiger partial charge in [0.05, 0.1) is 12.8 Å². The molecule has 0 spiro atoms. The molecule has 1 aromatic carbocycles.